The summed E-state index contributed by atoms with van der Waals surface area (Å²) in [6, 6.07) is 12.5. The van der Waals surface area contributed by atoms with E-state index in [1.807, 2.05) is 23.1 Å². The summed E-state index contributed by atoms with van der Waals surface area (Å²) in [5.74, 6) is -0.449. The molecular formula is C21H26Cl2N4O3. The molecule has 0 spiro atoms. The van der Waals surface area contributed by atoms with Crippen molar-refractivity contribution < 1.29 is 14.3 Å². The normalized spacial score (nSPS) is 12.6. The van der Waals surface area contributed by atoms with Crippen LogP contribution in [0.5, 0.6) is 0 Å². The third-order valence-electron chi connectivity index (χ3n) is 4.67. The maximum atomic E-state index is 12.6. The number of carbonyl (C=O) groups is 2. The molecule has 0 bridgehead atoms. The van der Waals surface area contributed by atoms with Crippen molar-refractivity contribution in [3.8, 4) is 0 Å². The number of amidine groups is 1. The van der Waals surface area contributed by atoms with Gasteiger partial charge in [-0.3, -0.25) is 19.9 Å². The Balaban J connectivity index is 0.00000225. The Morgan fingerprint density at radius 3 is 2.40 bits per heavy atom. The molecule has 3 rings (SSSR count). The van der Waals surface area contributed by atoms with Gasteiger partial charge in [-0.15, -0.1) is 24.8 Å². The Kier molecular flexibility index (Phi) is 9.78. The number of esters is 1. The van der Waals surface area contributed by atoms with Crippen molar-refractivity contribution in [3.05, 3.63) is 64.7 Å². The molecular weight excluding hydrogens is 427 g/mol. The van der Waals surface area contributed by atoms with Gasteiger partial charge in [0.05, 0.1) is 13.2 Å². The molecule has 0 atom stereocenters. The number of hydrogen-bond donors (Lipinski definition) is 3. The zero-order valence-electron chi connectivity index (χ0n) is 16.6. The zero-order valence-corrected chi connectivity index (χ0v) is 18.3. The van der Waals surface area contributed by atoms with E-state index in [9.17, 15) is 9.59 Å². The SMILES string of the molecule is CCOC(=O)CN1CCc2ccc(C(=O)Nc3ccc(C(=N)N)cc3)cc2C1.Cl.Cl. The summed E-state index contributed by atoms with van der Waals surface area (Å²) >= 11 is 0. The van der Waals surface area contributed by atoms with Gasteiger partial charge < -0.3 is 15.8 Å². The first-order valence-corrected chi connectivity index (χ1v) is 9.22. The number of nitrogen functional groups attached to an aromatic ring is 1. The third kappa shape index (κ3) is 6.45. The largest absolute Gasteiger partial charge is 0.465 e. The molecule has 0 aliphatic carbocycles. The second kappa shape index (κ2) is 11.5. The lowest BCUT2D eigenvalue weighted by Crippen LogP contribution is -2.35. The van der Waals surface area contributed by atoms with Crippen LogP contribution in [0.25, 0.3) is 0 Å². The van der Waals surface area contributed by atoms with Crippen LogP contribution in [0.4, 0.5) is 5.69 Å². The summed E-state index contributed by atoms with van der Waals surface area (Å²) in [5, 5.41) is 10.3. The highest BCUT2D eigenvalue weighted by Crippen LogP contribution is 2.21. The second-order valence-corrected chi connectivity index (χ2v) is 6.69. The molecule has 0 radical (unpaired) electrons. The molecule has 2 aromatic rings. The van der Waals surface area contributed by atoms with Crippen LogP contribution in [0.1, 0.15) is 34.0 Å². The van der Waals surface area contributed by atoms with Gasteiger partial charge in [0.2, 0.25) is 0 Å². The number of carbonyl (C=O) groups excluding carboxylic acids is 2. The lowest BCUT2D eigenvalue weighted by atomic mass is 9.97. The van der Waals surface area contributed by atoms with E-state index in [0.29, 0.717) is 30.0 Å². The van der Waals surface area contributed by atoms with E-state index in [4.69, 9.17) is 15.9 Å². The monoisotopic (exact) mass is 452 g/mol. The summed E-state index contributed by atoms with van der Waals surface area (Å²) in [6.45, 7) is 3.83. The average molecular weight is 453 g/mol. The molecule has 0 fully saturated rings. The number of halogens is 2. The number of ether oxygens (including phenoxy) is 1. The van der Waals surface area contributed by atoms with Crippen molar-refractivity contribution in [1.82, 2.24) is 4.90 Å². The van der Waals surface area contributed by atoms with Crippen LogP contribution in [0.3, 0.4) is 0 Å². The summed E-state index contributed by atoms with van der Waals surface area (Å²) in [5.41, 5.74) is 9.49. The molecule has 1 heterocycles. The number of rotatable bonds is 6. The number of hydrogen-bond acceptors (Lipinski definition) is 5. The van der Waals surface area contributed by atoms with Crippen molar-refractivity contribution >= 4 is 48.2 Å². The highest BCUT2D eigenvalue weighted by atomic mass is 35.5. The van der Waals surface area contributed by atoms with E-state index in [0.717, 1.165) is 18.5 Å². The minimum absolute atomic E-state index is 0. The molecule has 0 saturated carbocycles. The van der Waals surface area contributed by atoms with E-state index in [1.165, 1.54) is 5.56 Å². The first kappa shape index (κ1) is 25.4. The van der Waals surface area contributed by atoms with Gasteiger partial charge in [-0.05, 0) is 60.9 Å². The Labute approximate surface area is 188 Å². The van der Waals surface area contributed by atoms with Gasteiger partial charge >= 0.3 is 5.97 Å². The maximum absolute atomic E-state index is 12.6. The Bertz CT molecular complexity index is 904. The van der Waals surface area contributed by atoms with Crippen LogP contribution in [0, 0.1) is 5.41 Å². The molecule has 162 valence electrons. The minimum atomic E-state index is -0.228. The van der Waals surface area contributed by atoms with Gasteiger partial charge in [0, 0.05) is 29.9 Å². The van der Waals surface area contributed by atoms with Crippen molar-refractivity contribution in [2.75, 3.05) is 25.0 Å². The predicted molar refractivity (Wildman–Crippen MR) is 122 cm³/mol. The molecule has 30 heavy (non-hydrogen) atoms. The number of nitrogens with zero attached hydrogens (tertiary/aromatic N) is 1. The van der Waals surface area contributed by atoms with Crippen molar-refractivity contribution in [2.24, 2.45) is 5.73 Å². The van der Waals surface area contributed by atoms with E-state index in [2.05, 4.69) is 5.32 Å². The molecule has 0 aromatic heterocycles. The van der Waals surface area contributed by atoms with Crippen molar-refractivity contribution in [3.63, 3.8) is 0 Å². The first-order valence-electron chi connectivity index (χ1n) is 9.22. The van der Waals surface area contributed by atoms with E-state index in [1.54, 1.807) is 31.2 Å². The fourth-order valence-electron chi connectivity index (χ4n) is 3.22. The van der Waals surface area contributed by atoms with Crippen LogP contribution in [-0.2, 0) is 22.5 Å². The van der Waals surface area contributed by atoms with Gasteiger partial charge in [-0.25, -0.2) is 0 Å². The van der Waals surface area contributed by atoms with E-state index in [-0.39, 0.29) is 49.1 Å². The highest BCUT2D eigenvalue weighted by molar-refractivity contribution is 6.04. The van der Waals surface area contributed by atoms with Crippen LogP contribution in [0.15, 0.2) is 42.5 Å². The molecule has 0 saturated heterocycles. The third-order valence-corrected chi connectivity index (χ3v) is 4.67. The number of benzene rings is 2. The van der Waals surface area contributed by atoms with Gasteiger partial charge in [0.1, 0.15) is 5.84 Å². The lowest BCUT2D eigenvalue weighted by molar-refractivity contribution is -0.144. The molecule has 7 nitrogen and oxygen atoms in total. The molecule has 1 aliphatic rings. The predicted octanol–water partition coefficient (Wildman–Crippen LogP) is 2.99. The summed E-state index contributed by atoms with van der Waals surface area (Å²) in [4.78, 5) is 26.3. The Hall–Kier alpha value is -2.61. The first-order chi connectivity index (χ1) is 13.5. The highest BCUT2D eigenvalue weighted by Gasteiger charge is 2.20. The van der Waals surface area contributed by atoms with E-state index < -0.39 is 0 Å². The van der Waals surface area contributed by atoms with Crippen LogP contribution < -0.4 is 11.1 Å². The quantitative estimate of drug-likeness (QED) is 0.354. The number of amides is 1. The number of nitrogens with one attached hydrogen (secondary N) is 2. The average Bonchev–Trinajstić information content (AvgIpc) is 2.68. The molecule has 4 N–H and O–H groups in total. The molecule has 1 amide bonds. The number of nitrogens with two attached hydrogens (primary N) is 1. The standard InChI is InChI=1S/C21H24N4O3.2ClH/c1-2-28-19(26)13-25-10-9-14-3-4-16(11-17(14)12-25)21(27)24-18-7-5-15(6-8-18)20(22)23;;/h3-8,11H,2,9-10,12-13H2,1H3,(H3,22,23)(H,24,27);2*1H. The van der Waals surface area contributed by atoms with Crippen LogP contribution >= 0.6 is 24.8 Å². The van der Waals surface area contributed by atoms with Crippen LogP contribution in [0.2, 0.25) is 0 Å². The van der Waals surface area contributed by atoms with E-state index >= 15 is 0 Å². The molecule has 2 aromatic carbocycles. The van der Waals surface area contributed by atoms with Crippen LogP contribution in [-0.4, -0.2) is 42.3 Å². The molecule has 1 aliphatic heterocycles. The molecule has 0 unspecified atom stereocenters. The van der Waals surface area contributed by atoms with Crippen molar-refractivity contribution in [2.45, 2.75) is 19.9 Å². The van der Waals surface area contributed by atoms with Crippen molar-refractivity contribution in [1.29, 1.82) is 5.41 Å². The summed E-state index contributed by atoms with van der Waals surface area (Å²) in [6.07, 6.45) is 0.836. The fraction of sp³-hybridized carbons (Fsp3) is 0.286. The van der Waals surface area contributed by atoms with Gasteiger partial charge in [-0.2, -0.15) is 0 Å². The van der Waals surface area contributed by atoms with Gasteiger partial charge in [0.15, 0.2) is 0 Å². The second-order valence-electron chi connectivity index (χ2n) is 6.69. The fourth-order valence-corrected chi connectivity index (χ4v) is 3.22. The summed E-state index contributed by atoms with van der Waals surface area (Å²) < 4.78 is 5.02. The lowest BCUT2D eigenvalue weighted by Gasteiger charge is -2.28. The Morgan fingerprint density at radius 1 is 1.10 bits per heavy atom. The minimum Gasteiger partial charge on any atom is -0.465 e. The Morgan fingerprint density at radius 2 is 1.77 bits per heavy atom. The summed E-state index contributed by atoms with van der Waals surface area (Å²) in [7, 11) is 0. The number of anilines is 1. The smallest absolute Gasteiger partial charge is 0.320 e. The maximum Gasteiger partial charge on any atom is 0.320 e. The van der Waals surface area contributed by atoms with Gasteiger partial charge in [0.25, 0.3) is 5.91 Å². The zero-order chi connectivity index (χ0) is 20.1. The molecule has 9 heteroatoms. The topological polar surface area (TPSA) is 109 Å². The van der Waals surface area contributed by atoms with Gasteiger partial charge in [-0.1, -0.05) is 6.07 Å². The number of fused-ring (bicyclic) bond motifs is 1.